The molecule has 6 unspecified atom stereocenters. The van der Waals surface area contributed by atoms with Crippen molar-refractivity contribution in [2.24, 2.45) is 23.7 Å². The van der Waals surface area contributed by atoms with Crippen molar-refractivity contribution in [1.29, 1.82) is 0 Å². The third kappa shape index (κ3) is 4.78. The molecule has 3 fully saturated rings. The lowest BCUT2D eigenvalue weighted by Crippen LogP contribution is -2.53. The molecule has 6 atom stereocenters. The standard InChI is InChI=1S/C39H31ClFN3O5/c40-25-10-8-24(9-11-25)39-32(36(47)44(38(39)49)42-27-14-12-26(41)13-15-27)20-31-29(34(39)23-6-16-28(45)17-7-23)18-19-30-33(31)37(48)43(35(30)46)21-22-4-2-1-3-5-22/h1-18,30-34,42,45H,19-21H2. The van der Waals surface area contributed by atoms with E-state index in [1.807, 2.05) is 36.4 Å². The number of aromatic hydroxyl groups is 1. The molecule has 0 aromatic heterocycles. The minimum Gasteiger partial charge on any atom is -0.508 e. The van der Waals surface area contributed by atoms with Crippen molar-refractivity contribution in [2.75, 3.05) is 5.43 Å². The molecule has 2 saturated heterocycles. The molecule has 2 aliphatic heterocycles. The Hall–Kier alpha value is -5.28. The monoisotopic (exact) mass is 675 g/mol. The van der Waals surface area contributed by atoms with Gasteiger partial charge < -0.3 is 5.11 Å². The number of allylic oxidation sites excluding steroid dienone is 2. The summed E-state index contributed by atoms with van der Waals surface area (Å²) < 4.78 is 13.8. The molecule has 0 spiro atoms. The summed E-state index contributed by atoms with van der Waals surface area (Å²) in [4.78, 5) is 59.2. The number of carbonyl (C=O) groups excluding carboxylic acids is 4. The number of imide groups is 2. The molecule has 0 bridgehead atoms. The lowest BCUT2D eigenvalue weighted by atomic mass is 9.49. The van der Waals surface area contributed by atoms with E-state index in [4.69, 9.17) is 11.6 Å². The van der Waals surface area contributed by atoms with Gasteiger partial charge in [0, 0.05) is 10.9 Å². The Morgan fingerprint density at radius 1 is 0.816 bits per heavy atom. The molecule has 2 N–H and O–H groups in total. The molecule has 2 heterocycles. The number of nitrogens with zero attached hydrogens (tertiary/aromatic N) is 2. The quantitative estimate of drug-likeness (QED) is 0.182. The lowest BCUT2D eigenvalue weighted by Gasteiger charge is -2.50. The van der Waals surface area contributed by atoms with Gasteiger partial charge in [-0.2, -0.15) is 5.01 Å². The van der Waals surface area contributed by atoms with Gasteiger partial charge in [0.25, 0.3) is 11.8 Å². The molecule has 4 aliphatic rings. The zero-order valence-corrected chi connectivity index (χ0v) is 26.9. The zero-order chi connectivity index (χ0) is 34.0. The van der Waals surface area contributed by atoms with Crippen LogP contribution < -0.4 is 5.43 Å². The Labute approximate surface area is 286 Å². The smallest absolute Gasteiger partial charge is 0.260 e. The maximum atomic E-state index is 15.1. The summed E-state index contributed by atoms with van der Waals surface area (Å²) in [6, 6.07) is 28.1. The maximum absolute atomic E-state index is 15.1. The summed E-state index contributed by atoms with van der Waals surface area (Å²) in [6.07, 6.45) is 2.44. The largest absolute Gasteiger partial charge is 0.508 e. The number of phenols is 1. The fraction of sp³-hybridized carbons (Fsp3) is 0.231. The van der Waals surface area contributed by atoms with Crippen LogP contribution in [0.3, 0.4) is 0 Å². The van der Waals surface area contributed by atoms with Crippen LogP contribution in [0.15, 0.2) is 115 Å². The van der Waals surface area contributed by atoms with E-state index in [1.165, 1.54) is 41.3 Å². The number of halogens is 2. The third-order valence-corrected chi connectivity index (χ3v) is 11.0. The first-order valence-corrected chi connectivity index (χ1v) is 16.6. The highest BCUT2D eigenvalue weighted by Gasteiger charge is 2.70. The Morgan fingerprint density at radius 2 is 1.51 bits per heavy atom. The van der Waals surface area contributed by atoms with Crippen LogP contribution >= 0.6 is 11.6 Å². The van der Waals surface area contributed by atoms with E-state index in [0.29, 0.717) is 28.3 Å². The van der Waals surface area contributed by atoms with Gasteiger partial charge in [-0.1, -0.05) is 77.8 Å². The zero-order valence-electron chi connectivity index (χ0n) is 26.1. The first kappa shape index (κ1) is 31.0. The number of likely N-dealkylation sites (tertiary alicyclic amines) is 1. The van der Waals surface area contributed by atoms with E-state index in [1.54, 1.807) is 36.4 Å². The van der Waals surface area contributed by atoms with Crippen molar-refractivity contribution in [2.45, 2.75) is 30.7 Å². The average molecular weight is 676 g/mol. The van der Waals surface area contributed by atoms with E-state index in [0.717, 1.165) is 16.1 Å². The number of nitrogens with one attached hydrogen (secondary N) is 1. The number of fused-ring (bicyclic) bond motifs is 4. The Bertz CT molecular complexity index is 2020. The molecule has 10 heteroatoms. The summed E-state index contributed by atoms with van der Waals surface area (Å²) in [6.45, 7) is 0.153. The van der Waals surface area contributed by atoms with Crippen molar-refractivity contribution >= 4 is 40.9 Å². The average Bonchev–Trinajstić information content (AvgIpc) is 3.47. The van der Waals surface area contributed by atoms with Gasteiger partial charge in [-0.25, -0.2) is 4.39 Å². The number of hydrogen-bond donors (Lipinski definition) is 2. The van der Waals surface area contributed by atoms with Crippen molar-refractivity contribution in [3.8, 4) is 5.75 Å². The van der Waals surface area contributed by atoms with E-state index in [9.17, 15) is 23.9 Å². The maximum Gasteiger partial charge on any atom is 0.260 e. The van der Waals surface area contributed by atoms with Crippen LogP contribution in [0.2, 0.25) is 5.02 Å². The normalized spacial score (nSPS) is 27.5. The molecule has 1 saturated carbocycles. The second-order valence-electron chi connectivity index (χ2n) is 13.2. The molecule has 2 aliphatic carbocycles. The molecule has 0 radical (unpaired) electrons. The first-order valence-electron chi connectivity index (χ1n) is 16.2. The summed E-state index contributed by atoms with van der Waals surface area (Å²) in [7, 11) is 0. The van der Waals surface area contributed by atoms with Gasteiger partial charge in [0.1, 0.15) is 11.6 Å². The number of anilines is 1. The van der Waals surface area contributed by atoms with Gasteiger partial charge in [0.05, 0.1) is 35.4 Å². The van der Waals surface area contributed by atoms with E-state index in [-0.39, 0.29) is 30.5 Å². The number of hydrazine groups is 1. The van der Waals surface area contributed by atoms with Gasteiger partial charge >= 0.3 is 0 Å². The number of phenolic OH excluding ortho intramolecular Hbond substituents is 1. The topological polar surface area (TPSA) is 107 Å². The van der Waals surface area contributed by atoms with Crippen LogP contribution in [0.4, 0.5) is 10.1 Å². The molecule has 4 aromatic carbocycles. The van der Waals surface area contributed by atoms with E-state index >= 15 is 4.79 Å². The highest BCUT2D eigenvalue weighted by molar-refractivity contribution is 6.30. The number of amides is 4. The summed E-state index contributed by atoms with van der Waals surface area (Å²) >= 11 is 6.33. The van der Waals surface area contributed by atoms with Crippen LogP contribution in [0, 0.1) is 29.5 Å². The van der Waals surface area contributed by atoms with Crippen LogP contribution in [0.1, 0.15) is 35.4 Å². The second-order valence-corrected chi connectivity index (χ2v) is 13.6. The highest BCUT2D eigenvalue weighted by Crippen LogP contribution is 2.64. The SMILES string of the molecule is O=C1C2CC=C3C(CC4C(=O)N(Nc5ccc(F)cc5)C(=O)C4(c4ccc(Cl)cc4)C3c3ccc(O)cc3)C2C(=O)N1Cc1ccccc1. The molecule has 49 heavy (non-hydrogen) atoms. The first-order chi connectivity index (χ1) is 23.7. The fourth-order valence-corrected chi connectivity index (χ4v) is 8.81. The summed E-state index contributed by atoms with van der Waals surface area (Å²) in [5.74, 6) is -5.44. The molecule has 4 aromatic rings. The lowest BCUT2D eigenvalue weighted by molar-refractivity contribution is -0.142. The molecular formula is C39H31ClFN3O5. The minimum absolute atomic E-state index is 0.0347. The fourth-order valence-electron chi connectivity index (χ4n) is 8.68. The molecule has 8 nitrogen and oxygen atoms in total. The number of benzene rings is 4. The molecule has 8 rings (SSSR count). The van der Waals surface area contributed by atoms with Gasteiger partial charge in [-0.3, -0.25) is 29.5 Å². The second kappa shape index (κ2) is 11.7. The predicted molar refractivity (Wildman–Crippen MR) is 179 cm³/mol. The van der Waals surface area contributed by atoms with Gasteiger partial charge in [-0.05, 0) is 84.0 Å². The molecule has 246 valence electrons. The van der Waals surface area contributed by atoms with Crippen LogP contribution in [-0.4, -0.2) is 38.6 Å². The molecular weight excluding hydrogens is 645 g/mol. The highest BCUT2D eigenvalue weighted by atomic mass is 35.5. The van der Waals surface area contributed by atoms with Crippen LogP contribution in [0.5, 0.6) is 5.75 Å². The predicted octanol–water partition coefficient (Wildman–Crippen LogP) is 6.37. The molecule has 4 amide bonds. The Kier molecular flexibility index (Phi) is 7.41. The Balaban J connectivity index is 1.29. The van der Waals surface area contributed by atoms with Crippen molar-refractivity contribution in [3.63, 3.8) is 0 Å². The Morgan fingerprint density at radius 3 is 2.20 bits per heavy atom. The number of carbonyl (C=O) groups is 4. The summed E-state index contributed by atoms with van der Waals surface area (Å²) in [5, 5.41) is 11.7. The number of hydrogen-bond acceptors (Lipinski definition) is 6. The minimum atomic E-state index is -1.48. The van der Waals surface area contributed by atoms with E-state index < -0.39 is 52.6 Å². The third-order valence-electron chi connectivity index (χ3n) is 10.8. The van der Waals surface area contributed by atoms with Crippen molar-refractivity contribution in [1.82, 2.24) is 9.91 Å². The summed E-state index contributed by atoms with van der Waals surface area (Å²) in [5.41, 5.74) is 4.71. The number of rotatable bonds is 6. The van der Waals surface area contributed by atoms with E-state index in [2.05, 4.69) is 5.43 Å². The van der Waals surface area contributed by atoms with Gasteiger partial charge in [-0.15, -0.1) is 0 Å². The van der Waals surface area contributed by atoms with Gasteiger partial charge in [0.15, 0.2) is 0 Å². The van der Waals surface area contributed by atoms with Crippen molar-refractivity contribution in [3.05, 3.63) is 142 Å². The van der Waals surface area contributed by atoms with Crippen LogP contribution in [0.25, 0.3) is 0 Å². The van der Waals surface area contributed by atoms with Gasteiger partial charge in [0.2, 0.25) is 11.8 Å². The van der Waals surface area contributed by atoms with Crippen LogP contribution in [-0.2, 0) is 31.1 Å². The van der Waals surface area contributed by atoms with Crippen molar-refractivity contribution < 1.29 is 28.7 Å².